The molecule has 0 bridgehead atoms. The topological polar surface area (TPSA) is 57.5 Å². The highest BCUT2D eigenvalue weighted by Gasteiger charge is 2.29. The number of nitrogens with zero attached hydrogens (tertiary/aromatic N) is 1. The fourth-order valence-corrected chi connectivity index (χ4v) is 3.15. The summed E-state index contributed by atoms with van der Waals surface area (Å²) in [6, 6.07) is 16.3. The summed E-state index contributed by atoms with van der Waals surface area (Å²) in [6.45, 7) is 0. The third kappa shape index (κ3) is 2.24. The fourth-order valence-electron chi connectivity index (χ4n) is 3.15. The van der Waals surface area contributed by atoms with Crippen LogP contribution in [-0.4, -0.2) is 30.5 Å². The van der Waals surface area contributed by atoms with Crippen LogP contribution in [0, 0.1) is 0 Å². The van der Waals surface area contributed by atoms with Gasteiger partial charge in [0, 0.05) is 11.6 Å². The number of ketones is 1. The average molecular weight is 333 g/mol. The summed E-state index contributed by atoms with van der Waals surface area (Å²) < 4.78 is 11.9. The van der Waals surface area contributed by atoms with E-state index in [0.29, 0.717) is 22.6 Å². The molecule has 4 rings (SSSR count). The monoisotopic (exact) mass is 333 g/mol. The number of ether oxygens (including phenoxy) is 2. The summed E-state index contributed by atoms with van der Waals surface area (Å²) in [7, 11) is 2.95. The van der Waals surface area contributed by atoms with E-state index in [1.54, 1.807) is 31.4 Å². The van der Waals surface area contributed by atoms with Crippen LogP contribution >= 0.6 is 0 Å². The maximum absolute atomic E-state index is 12.6. The molecule has 124 valence electrons. The van der Waals surface area contributed by atoms with Crippen LogP contribution in [0.2, 0.25) is 0 Å². The van der Waals surface area contributed by atoms with Crippen molar-refractivity contribution in [2.75, 3.05) is 14.2 Å². The van der Waals surface area contributed by atoms with Crippen molar-refractivity contribution in [1.29, 1.82) is 0 Å². The van der Waals surface area contributed by atoms with Gasteiger partial charge in [-0.25, -0.2) is 4.79 Å². The number of hydrogen-bond donors (Lipinski definition) is 0. The minimum Gasteiger partial charge on any atom is -0.497 e. The molecule has 0 N–H and O–H groups in total. The maximum Gasteiger partial charge on any atom is 0.337 e. The molecule has 2 aromatic carbocycles. The van der Waals surface area contributed by atoms with Crippen LogP contribution in [0.3, 0.4) is 0 Å². The van der Waals surface area contributed by atoms with Crippen molar-refractivity contribution < 1.29 is 19.1 Å². The van der Waals surface area contributed by atoms with Gasteiger partial charge in [-0.3, -0.25) is 4.79 Å². The zero-order valence-electron chi connectivity index (χ0n) is 13.8. The molecule has 2 heterocycles. The molecule has 0 aliphatic carbocycles. The van der Waals surface area contributed by atoms with Gasteiger partial charge in [0.1, 0.15) is 5.75 Å². The van der Waals surface area contributed by atoms with Gasteiger partial charge in [0.05, 0.1) is 36.9 Å². The molecule has 1 aromatic heterocycles. The first-order valence-electron chi connectivity index (χ1n) is 7.77. The molecule has 3 aromatic rings. The van der Waals surface area contributed by atoms with Crippen LogP contribution in [0.5, 0.6) is 5.75 Å². The second-order valence-corrected chi connectivity index (χ2v) is 5.72. The van der Waals surface area contributed by atoms with Crippen LogP contribution in [0.1, 0.15) is 26.4 Å². The molecule has 0 amide bonds. The second kappa shape index (κ2) is 5.63. The number of hydrogen-bond acceptors (Lipinski definition) is 4. The predicted octanol–water partition coefficient (Wildman–Crippen LogP) is 3.48. The quantitative estimate of drug-likeness (QED) is 0.539. The molecule has 0 saturated carbocycles. The number of methoxy groups -OCH3 is 2. The van der Waals surface area contributed by atoms with Gasteiger partial charge < -0.3 is 14.0 Å². The van der Waals surface area contributed by atoms with E-state index in [1.807, 2.05) is 34.9 Å². The Labute approximate surface area is 144 Å². The Bertz CT molecular complexity index is 999. The molecule has 1 aliphatic heterocycles. The van der Waals surface area contributed by atoms with Gasteiger partial charge in [-0.05, 0) is 42.0 Å². The Morgan fingerprint density at radius 2 is 1.64 bits per heavy atom. The third-order valence-corrected chi connectivity index (χ3v) is 4.41. The lowest BCUT2D eigenvalue weighted by Crippen LogP contribution is -2.01. The van der Waals surface area contributed by atoms with Gasteiger partial charge in [0.2, 0.25) is 5.78 Å². The van der Waals surface area contributed by atoms with E-state index in [-0.39, 0.29) is 11.8 Å². The molecule has 0 atom stereocenters. The van der Waals surface area contributed by atoms with Crippen molar-refractivity contribution in [1.82, 2.24) is 4.57 Å². The van der Waals surface area contributed by atoms with Crippen molar-refractivity contribution in [3.05, 3.63) is 71.4 Å². The highest BCUT2D eigenvalue weighted by Crippen LogP contribution is 2.36. The minimum atomic E-state index is -0.378. The van der Waals surface area contributed by atoms with Gasteiger partial charge in [0.15, 0.2) is 0 Å². The van der Waals surface area contributed by atoms with E-state index in [9.17, 15) is 9.59 Å². The summed E-state index contributed by atoms with van der Waals surface area (Å²) in [5.74, 6) is 0.312. The first-order valence-corrected chi connectivity index (χ1v) is 7.77. The molecular weight excluding hydrogens is 318 g/mol. The van der Waals surface area contributed by atoms with E-state index in [0.717, 1.165) is 16.9 Å². The number of carbonyl (C=O) groups is 2. The maximum atomic E-state index is 12.6. The Kier molecular flexibility index (Phi) is 3.42. The largest absolute Gasteiger partial charge is 0.497 e. The number of benzene rings is 2. The van der Waals surface area contributed by atoms with Crippen molar-refractivity contribution in [3.8, 4) is 22.7 Å². The van der Waals surface area contributed by atoms with Gasteiger partial charge in [0.25, 0.3) is 0 Å². The highest BCUT2D eigenvalue weighted by atomic mass is 16.5. The summed E-state index contributed by atoms with van der Waals surface area (Å²) in [6.07, 6.45) is 0. The lowest BCUT2D eigenvalue weighted by Gasteiger charge is -2.10. The second-order valence-electron chi connectivity index (χ2n) is 5.72. The molecule has 0 spiro atoms. The Morgan fingerprint density at radius 3 is 2.32 bits per heavy atom. The number of carbonyl (C=O) groups excluding carboxylic acids is 2. The Balaban J connectivity index is 1.84. The van der Waals surface area contributed by atoms with Crippen molar-refractivity contribution in [3.63, 3.8) is 0 Å². The van der Waals surface area contributed by atoms with Crippen LogP contribution in [0.15, 0.2) is 54.6 Å². The molecule has 0 radical (unpaired) electrons. The summed E-state index contributed by atoms with van der Waals surface area (Å²) in [4.78, 5) is 24.2. The number of rotatable bonds is 3. The van der Waals surface area contributed by atoms with E-state index in [2.05, 4.69) is 0 Å². The number of fused-ring (bicyclic) bond motifs is 3. The highest BCUT2D eigenvalue weighted by molar-refractivity contribution is 6.15. The molecule has 25 heavy (non-hydrogen) atoms. The smallest absolute Gasteiger partial charge is 0.337 e. The summed E-state index contributed by atoms with van der Waals surface area (Å²) in [5.41, 5.74) is 4.35. The average Bonchev–Trinajstić information content (AvgIpc) is 3.21. The Hall–Kier alpha value is -3.34. The van der Waals surface area contributed by atoms with Crippen LogP contribution in [-0.2, 0) is 4.74 Å². The van der Waals surface area contributed by atoms with Gasteiger partial charge >= 0.3 is 5.97 Å². The van der Waals surface area contributed by atoms with Gasteiger partial charge in [-0.2, -0.15) is 0 Å². The zero-order chi connectivity index (χ0) is 17.6. The SMILES string of the molecule is COC(=O)c1ccc(-c2ccc3n2-c2cc(OC)ccc2C3=O)cc1. The molecular formula is C20H15NO4. The van der Waals surface area contributed by atoms with E-state index < -0.39 is 0 Å². The van der Waals surface area contributed by atoms with Crippen LogP contribution in [0.4, 0.5) is 0 Å². The normalized spacial score (nSPS) is 11.8. The number of esters is 1. The molecule has 0 fully saturated rings. The molecule has 1 aliphatic rings. The number of aromatic nitrogens is 1. The molecule has 5 heteroatoms. The molecule has 0 saturated heterocycles. The van der Waals surface area contributed by atoms with Gasteiger partial charge in [-0.1, -0.05) is 12.1 Å². The molecule has 5 nitrogen and oxygen atoms in total. The first-order chi connectivity index (χ1) is 12.1. The minimum absolute atomic E-state index is 0.00455. The molecule has 0 unspecified atom stereocenters. The standard InChI is InChI=1S/C20H15NO4/c1-24-14-7-8-15-18(11-14)21-16(9-10-17(21)19(15)22)12-3-5-13(6-4-12)20(23)25-2/h3-11H,1-2H3. The zero-order valence-corrected chi connectivity index (χ0v) is 13.8. The summed E-state index contributed by atoms with van der Waals surface area (Å²) in [5, 5.41) is 0. The van der Waals surface area contributed by atoms with Crippen LogP contribution in [0.25, 0.3) is 16.9 Å². The fraction of sp³-hybridized carbons (Fsp3) is 0.100. The van der Waals surface area contributed by atoms with Crippen LogP contribution < -0.4 is 4.74 Å². The summed E-state index contributed by atoms with van der Waals surface area (Å²) >= 11 is 0. The lowest BCUT2D eigenvalue weighted by atomic mass is 10.1. The lowest BCUT2D eigenvalue weighted by molar-refractivity contribution is 0.0600. The third-order valence-electron chi connectivity index (χ3n) is 4.41. The van der Waals surface area contributed by atoms with Crippen molar-refractivity contribution in [2.45, 2.75) is 0 Å². The Morgan fingerprint density at radius 1 is 0.920 bits per heavy atom. The van der Waals surface area contributed by atoms with E-state index in [4.69, 9.17) is 9.47 Å². The first kappa shape index (κ1) is 15.2. The van der Waals surface area contributed by atoms with Gasteiger partial charge in [-0.15, -0.1) is 0 Å². The van der Waals surface area contributed by atoms with Crippen molar-refractivity contribution >= 4 is 11.8 Å². The predicted molar refractivity (Wildman–Crippen MR) is 92.5 cm³/mol. The van der Waals surface area contributed by atoms with Crippen molar-refractivity contribution in [2.24, 2.45) is 0 Å². The van der Waals surface area contributed by atoms with E-state index in [1.165, 1.54) is 7.11 Å². The van der Waals surface area contributed by atoms with E-state index >= 15 is 0 Å².